The molecule has 1 atom stereocenters. The van der Waals surface area contributed by atoms with E-state index in [2.05, 4.69) is 65.1 Å². The second-order valence-corrected chi connectivity index (χ2v) is 6.77. The largest absolute Gasteiger partial charge is 0.312 e. The number of hydrogen-bond donors (Lipinski definition) is 1. The number of benzene rings is 1. The van der Waals surface area contributed by atoms with Gasteiger partial charge in [-0.15, -0.1) is 0 Å². The minimum absolute atomic E-state index is 0.236. The molecule has 0 spiro atoms. The molecular weight excluding hydrogens is 218 g/mol. The molecule has 0 amide bonds. The molecule has 0 aliphatic rings. The SMILES string of the molecule is Cc1cc(C)cc(CC(C)CCNC(C)(C)C)c1. The van der Waals surface area contributed by atoms with Crippen molar-refractivity contribution in [2.75, 3.05) is 6.54 Å². The molecule has 0 bridgehead atoms. The first-order chi connectivity index (χ1) is 8.26. The number of aryl methyl sites for hydroxylation is 2. The van der Waals surface area contributed by atoms with Gasteiger partial charge in [0.2, 0.25) is 0 Å². The second-order valence-electron chi connectivity index (χ2n) is 6.77. The van der Waals surface area contributed by atoms with E-state index in [4.69, 9.17) is 0 Å². The monoisotopic (exact) mass is 247 g/mol. The lowest BCUT2D eigenvalue weighted by atomic mass is 9.95. The summed E-state index contributed by atoms with van der Waals surface area (Å²) in [5.74, 6) is 0.737. The molecule has 0 aromatic heterocycles. The Morgan fingerprint density at radius 2 is 1.61 bits per heavy atom. The van der Waals surface area contributed by atoms with E-state index >= 15 is 0 Å². The van der Waals surface area contributed by atoms with Crippen LogP contribution in [-0.4, -0.2) is 12.1 Å². The summed E-state index contributed by atoms with van der Waals surface area (Å²) in [6, 6.07) is 6.89. The summed E-state index contributed by atoms with van der Waals surface area (Å²) in [7, 11) is 0. The van der Waals surface area contributed by atoms with E-state index in [9.17, 15) is 0 Å². The average Bonchev–Trinajstić information content (AvgIpc) is 2.12. The summed E-state index contributed by atoms with van der Waals surface area (Å²) >= 11 is 0. The van der Waals surface area contributed by atoms with Gasteiger partial charge in [0.05, 0.1) is 0 Å². The zero-order valence-electron chi connectivity index (χ0n) is 12.9. The van der Waals surface area contributed by atoms with E-state index in [0.717, 1.165) is 12.5 Å². The molecule has 102 valence electrons. The molecule has 1 unspecified atom stereocenters. The minimum Gasteiger partial charge on any atom is -0.312 e. The number of hydrogen-bond acceptors (Lipinski definition) is 1. The van der Waals surface area contributed by atoms with Gasteiger partial charge in [-0.1, -0.05) is 36.2 Å². The van der Waals surface area contributed by atoms with Gasteiger partial charge < -0.3 is 5.32 Å². The van der Waals surface area contributed by atoms with E-state index in [-0.39, 0.29) is 5.54 Å². The zero-order valence-corrected chi connectivity index (χ0v) is 12.9. The van der Waals surface area contributed by atoms with Crippen LogP contribution in [0.2, 0.25) is 0 Å². The molecule has 0 heterocycles. The average molecular weight is 247 g/mol. The Balaban J connectivity index is 2.42. The first-order valence-corrected chi connectivity index (χ1v) is 7.08. The summed E-state index contributed by atoms with van der Waals surface area (Å²) in [6.07, 6.45) is 2.43. The van der Waals surface area contributed by atoms with Crippen molar-refractivity contribution in [2.45, 2.75) is 59.9 Å². The minimum atomic E-state index is 0.236. The number of rotatable bonds is 5. The normalized spacial score (nSPS) is 13.7. The van der Waals surface area contributed by atoms with Crippen LogP contribution in [0.5, 0.6) is 0 Å². The lowest BCUT2D eigenvalue weighted by Gasteiger charge is -2.22. The van der Waals surface area contributed by atoms with Crippen LogP contribution in [0.1, 0.15) is 50.8 Å². The van der Waals surface area contributed by atoms with Crippen LogP contribution in [-0.2, 0) is 6.42 Å². The Hall–Kier alpha value is -0.820. The topological polar surface area (TPSA) is 12.0 Å². The molecular formula is C17H29N. The fraction of sp³-hybridized carbons (Fsp3) is 0.647. The third-order valence-electron chi connectivity index (χ3n) is 3.16. The van der Waals surface area contributed by atoms with Gasteiger partial charge in [0, 0.05) is 5.54 Å². The fourth-order valence-electron chi connectivity index (χ4n) is 2.38. The Morgan fingerprint density at radius 1 is 1.06 bits per heavy atom. The molecule has 1 heteroatoms. The first-order valence-electron chi connectivity index (χ1n) is 7.08. The molecule has 0 aliphatic heterocycles. The highest BCUT2D eigenvalue weighted by atomic mass is 14.9. The van der Waals surface area contributed by atoms with Crippen molar-refractivity contribution in [2.24, 2.45) is 5.92 Å². The predicted molar refractivity (Wildman–Crippen MR) is 81.2 cm³/mol. The van der Waals surface area contributed by atoms with Crippen LogP contribution >= 0.6 is 0 Å². The molecule has 1 nitrogen and oxygen atoms in total. The van der Waals surface area contributed by atoms with Crippen molar-refractivity contribution in [1.82, 2.24) is 5.32 Å². The second kappa shape index (κ2) is 6.38. The van der Waals surface area contributed by atoms with Gasteiger partial charge in [-0.25, -0.2) is 0 Å². The summed E-state index contributed by atoms with van der Waals surface area (Å²) < 4.78 is 0. The van der Waals surface area contributed by atoms with Crippen molar-refractivity contribution >= 4 is 0 Å². The molecule has 0 radical (unpaired) electrons. The molecule has 0 saturated heterocycles. The first kappa shape index (κ1) is 15.2. The zero-order chi connectivity index (χ0) is 13.8. The summed E-state index contributed by atoms with van der Waals surface area (Å²) in [5, 5.41) is 3.56. The third-order valence-corrected chi connectivity index (χ3v) is 3.16. The molecule has 1 N–H and O–H groups in total. The van der Waals surface area contributed by atoms with Gasteiger partial charge >= 0.3 is 0 Å². The maximum atomic E-state index is 3.56. The van der Waals surface area contributed by atoms with Crippen LogP contribution in [0.25, 0.3) is 0 Å². The van der Waals surface area contributed by atoms with E-state index in [1.807, 2.05) is 0 Å². The number of nitrogens with one attached hydrogen (secondary N) is 1. The molecule has 0 fully saturated rings. The van der Waals surface area contributed by atoms with E-state index in [1.54, 1.807) is 0 Å². The van der Waals surface area contributed by atoms with Gasteiger partial charge in [-0.3, -0.25) is 0 Å². The van der Waals surface area contributed by atoms with Crippen molar-refractivity contribution in [3.05, 3.63) is 34.9 Å². The Labute approximate surface area is 113 Å². The highest BCUT2D eigenvalue weighted by Crippen LogP contribution is 2.15. The smallest absolute Gasteiger partial charge is 0.00965 e. The van der Waals surface area contributed by atoms with Gasteiger partial charge in [0.15, 0.2) is 0 Å². The molecule has 0 aliphatic carbocycles. The summed E-state index contributed by atoms with van der Waals surface area (Å²) in [6.45, 7) is 14.5. The van der Waals surface area contributed by atoms with Crippen LogP contribution in [0.4, 0.5) is 0 Å². The van der Waals surface area contributed by atoms with Crippen molar-refractivity contribution in [3.8, 4) is 0 Å². The van der Waals surface area contributed by atoms with Crippen molar-refractivity contribution < 1.29 is 0 Å². The van der Waals surface area contributed by atoms with Crippen LogP contribution in [0, 0.1) is 19.8 Å². The molecule has 1 aromatic carbocycles. The Bertz CT molecular complexity index is 353. The van der Waals surface area contributed by atoms with E-state index in [1.165, 1.54) is 29.5 Å². The Morgan fingerprint density at radius 3 is 2.11 bits per heavy atom. The predicted octanol–water partition coefficient (Wildman–Crippen LogP) is 4.26. The molecule has 1 rings (SSSR count). The Kier molecular flexibility index (Phi) is 5.40. The van der Waals surface area contributed by atoms with Crippen LogP contribution in [0.3, 0.4) is 0 Å². The van der Waals surface area contributed by atoms with Crippen molar-refractivity contribution in [3.63, 3.8) is 0 Å². The molecule has 1 aromatic rings. The van der Waals surface area contributed by atoms with E-state index in [0.29, 0.717) is 0 Å². The van der Waals surface area contributed by atoms with Gasteiger partial charge in [0.25, 0.3) is 0 Å². The van der Waals surface area contributed by atoms with Gasteiger partial charge in [-0.05, 0) is 65.5 Å². The highest BCUT2D eigenvalue weighted by molar-refractivity contribution is 5.28. The highest BCUT2D eigenvalue weighted by Gasteiger charge is 2.10. The maximum absolute atomic E-state index is 3.56. The lowest BCUT2D eigenvalue weighted by molar-refractivity contribution is 0.394. The molecule has 18 heavy (non-hydrogen) atoms. The summed E-state index contributed by atoms with van der Waals surface area (Å²) in [5.41, 5.74) is 4.48. The molecule has 0 saturated carbocycles. The maximum Gasteiger partial charge on any atom is 0.00965 e. The summed E-state index contributed by atoms with van der Waals surface area (Å²) in [4.78, 5) is 0. The van der Waals surface area contributed by atoms with Crippen molar-refractivity contribution in [1.29, 1.82) is 0 Å². The van der Waals surface area contributed by atoms with Crippen LogP contribution < -0.4 is 5.32 Å². The quantitative estimate of drug-likeness (QED) is 0.819. The standard InChI is InChI=1S/C17H29N/c1-13(7-8-18-17(4,5)6)10-16-11-14(2)9-15(3)12-16/h9,11-13,18H,7-8,10H2,1-6H3. The van der Waals surface area contributed by atoms with E-state index < -0.39 is 0 Å². The third kappa shape index (κ3) is 6.20. The van der Waals surface area contributed by atoms with Gasteiger partial charge in [0.1, 0.15) is 0 Å². The fourth-order valence-corrected chi connectivity index (χ4v) is 2.38. The van der Waals surface area contributed by atoms with Gasteiger partial charge in [-0.2, -0.15) is 0 Å². The van der Waals surface area contributed by atoms with Crippen LogP contribution in [0.15, 0.2) is 18.2 Å². The lowest BCUT2D eigenvalue weighted by Crippen LogP contribution is -2.37.